The van der Waals surface area contributed by atoms with Crippen LogP contribution >= 0.6 is 0 Å². The first-order valence-corrected chi connectivity index (χ1v) is 7.04. The smallest absolute Gasteiger partial charge is 0.157 e. The van der Waals surface area contributed by atoms with Gasteiger partial charge in [0.2, 0.25) is 0 Å². The Kier molecular flexibility index (Phi) is 2.97. The van der Waals surface area contributed by atoms with Crippen LogP contribution in [-0.2, 0) is 9.47 Å². The molecule has 92 valence electrons. The lowest BCUT2D eigenvalue weighted by Gasteiger charge is -2.24. The predicted molar refractivity (Wildman–Crippen MR) is 63.1 cm³/mol. The van der Waals surface area contributed by atoms with E-state index in [-0.39, 0.29) is 6.29 Å². The van der Waals surface area contributed by atoms with E-state index in [1.165, 1.54) is 38.5 Å². The van der Waals surface area contributed by atoms with Crippen LogP contribution in [0.25, 0.3) is 0 Å². The molecule has 0 amide bonds. The van der Waals surface area contributed by atoms with Crippen molar-refractivity contribution in [2.24, 2.45) is 17.3 Å². The van der Waals surface area contributed by atoms with Gasteiger partial charge < -0.3 is 9.47 Å². The SMILES string of the molecule is CC1(COC2CCCCO2)[C@@H]2CCCC[C@@H]21. The fourth-order valence-corrected chi connectivity index (χ4v) is 3.88. The standard InChI is InChI=1S/C14H24O2/c1-14(11-6-2-3-7-12(11)14)10-16-13-8-4-5-9-15-13/h11-13H,2-10H2,1H3/t11-,12+,13?,14?. The Morgan fingerprint density at radius 2 is 1.75 bits per heavy atom. The normalized spacial score (nSPS) is 47.4. The highest BCUT2D eigenvalue weighted by molar-refractivity contribution is 5.09. The Morgan fingerprint density at radius 3 is 2.38 bits per heavy atom. The van der Waals surface area contributed by atoms with Gasteiger partial charge in [-0.3, -0.25) is 0 Å². The van der Waals surface area contributed by atoms with Gasteiger partial charge in [0.15, 0.2) is 6.29 Å². The zero-order valence-electron chi connectivity index (χ0n) is 10.4. The first-order valence-electron chi connectivity index (χ1n) is 7.04. The summed E-state index contributed by atoms with van der Waals surface area (Å²) in [5.74, 6) is 1.93. The first-order chi connectivity index (χ1) is 7.81. The minimum Gasteiger partial charge on any atom is -0.353 e. The summed E-state index contributed by atoms with van der Waals surface area (Å²) < 4.78 is 11.6. The van der Waals surface area contributed by atoms with Gasteiger partial charge in [-0.05, 0) is 49.4 Å². The molecule has 2 unspecified atom stereocenters. The summed E-state index contributed by atoms with van der Waals surface area (Å²) in [6.45, 7) is 4.26. The zero-order valence-corrected chi connectivity index (χ0v) is 10.4. The summed E-state index contributed by atoms with van der Waals surface area (Å²) in [5, 5.41) is 0. The predicted octanol–water partition coefficient (Wildman–Crippen LogP) is 3.36. The molecule has 2 aliphatic carbocycles. The molecule has 0 spiro atoms. The van der Waals surface area contributed by atoms with E-state index in [0.29, 0.717) is 5.41 Å². The van der Waals surface area contributed by atoms with Crippen molar-refractivity contribution in [1.82, 2.24) is 0 Å². The van der Waals surface area contributed by atoms with Gasteiger partial charge in [-0.15, -0.1) is 0 Å². The second kappa shape index (κ2) is 4.30. The Hall–Kier alpha value is -0.0800. The Balaban J connectivity index is 1.48. The van der Waals surface area contributed by atoms with Crippen LogP contribution in [-0.4, -0.2) is 19.5 Å². The molecule has 1 aliphatic heterocycles. The Labute approximate surface area is 98.7 Å². The summed E-state index contributed by atoms with van der Waals surface area (Å²) in [6.07, 6.45) is 9.45. The molecule has 3 aliphatic rings. The van der Waals surface area contributed by atoms with Gasteiger partial charge in [-0.1, -0.05) is 19.8 Å². The topological polar surface area (TPSA) is 18.5 Å². The van der Waals surface area contributed by atoms with E-state index >= 15 is 0 Å². The van der Waals surface area contributed by atoms with Crippen molar-refractivity contribution in [2.75, 3.05) is 13.2 Å². The molecule has 3 fully saturated rings. The van der Waals surface area contributed by atoms with E-state index in [4.69, 9.17) is 9.47 Å². The number of hydrogen-bond donors (Lipinski definition) is 0. The molecule has 1 heterocycles. The van der Waals surface area contributed by atoms with E-state index in [2.05, 4.69) is 6.92 Å². The van der Waals surface area contributed by atoms with Gasteiger partial charge in [-0.2, -0.15) is 0 Å². The van der Waals surface area contributed by atoms with Crippen LogP contribution < -0.4 is 0 Å². The number of rotatable bonds is 3. The van der Waals surface area contributed by atoms with Crippen molar-refractivity contribution < 1.29 is 9.47 Å². The summed E-state index contributed by atoms with van der Waals surface area (Å²) in [5.41, 5.74) is 0.497. The Bertz CT molecular complexity index is 233. The molecule has 0 N–H and O–H groups in total. The highest BCUT2D eigenvalue weighted by atomic mass is 16.7. The van der Waals surface area contributed by atoms with Gasteiger partial charge in [0.05, 0.1) is 6.61 Å². The molecule has 4 atom stereocenters. The number of hydrogen-bond acceptors (Lipinski definition) is 2. The third kappa shape index (κ3) is 1.91. The second-order valence-corrected chi connectivity index (χ2v) is 6.11. The van der Waals surface area contributed by atoms with Crippen LogP contribution in [0.5, 0.6) is 0 Å². The molecule has 0 aromatic heterocycles. The maximum absolute atomic E-state index is 5.98. The van der Waals surface area contributed by atoms with Crippen LogP contribution in [0.2, 0.25) is 0 Å². The van der Waals surface area contributed by atoms with E-state index in [9.17, 15) is 0 Å². The monoisotopic (exact) mass is 224 g/mol. The summed E-state index contributed by atoms with van der Waals surface area (Å²) >= 11 is 0. The Morgan fingerprint density at radius 1 is 1.06 bits per heavy atom. The van der Waals surface area contributed by atoms with Crippen LogP contribution in [0.1, 0.15) is 51.9 Å². The lowest BCUT2D eigenvalue weighted by Crippen LogP contribution is -2.25. The number of fused-ring (bicyclic) bond motifs is 1. The van der Waals surface area contributed by atoms with Crippen LogP contribution in [0.15, 0.2) is 0 Å². The summed E-state index contributed by atoms with van der Waals surface area (Å²) in [6, 6.07) is 0. The molecule has 0 bridgehead atoms. The molecule has 0 radical (unpaired) electrons. The summed E-state index contributed by atoms with van der Waals surface area (Å²) in [7, 11) is 0. The maximum Gasteiger partial charge on any atom is 0.157 e. The van der Waals surface area contributed by atoms with Gasteiger partial charge >= 0.3 is 0 Å². The highest BCUT2D eigenvalue weighted by Crippen LogP contribution is 2.65. The minimum absolute atomic E-state index is 0.105. The third-order valence-electron chi connectivity index (χ3n) is 5.07. The third-order valence-corrected chi connectivity index (χ3v) is 5.07. The molecule has 2 saturated carbocycles. The van der Waals surface area contributed by atoms with Crippen molar-refractivity contribution in [3.8, 4) is 0 Å². The highest BCUT2D eigenvalue weighted by Gasteiger charge is 2.61. The fourth-order valence-electron chi connectivity index (χ4n) is 3.88. The van der Waals surface area contributed by atoms with Crippen molar-refractivity contribution in [2.45, 2.75) is 58.2 Å². The molecular weight excluding hydrogens is 200 g/mol. The maximum atomic E-state index is 5.98. The average Bonchev–Trinajstić information content (AvgIpc) is 2.96. The fraction of sp³-hybridized carbons (Fsp3) is 1.00. The zero-order chi connectivity index (χ0) is 11.0. The largest absolute Gasteiger partial charge is 0.353 e. The minimum atomic E-state index is 0.105. The van der Waals surface area contributed by atoms with E-state index in [1.54, 1.807) is 0 Å². The van der Waals surface area contributed by atoms with Gasteiger partial charge in [0.25, 0.3) is 0 Å². The molecule has 1 saturated heterocycles. The van der Waals surface area contributed by atoms with Crippen LogP contribution in [0.4, 0.5) is 0 Å². The van der Waals surface area contributed by atoms with Crippen LogP contribution in [0, 0.1) is 17.3 Å². The van der Waals surface area contributed by atoms with Gasteiger partial charge in [-0.25, -0.2) is 0 Å². The van der Waals surface area contributed by atoms with E-state index in [1.807, 2.05) is 0 Å². The molecule has 2 heteroatoms. The molecule has 0 aromatic rings. The van der Waals surface area contributed by atoms with Gasteiger partial charge in [0, 0.05) is 6.61 Å². The molecular formula is C14H24O2. The number of ether oxygens (including phenoxy) is 2. The first kappa shape index (κ1) is 11.0. The molecule has 2 nitrogen and oxygen atoms in total. The second-order valence-electron chi connectivity index (χ2n) is 6.11. The van der Waals surface area contributed by atoms with Gasteiger partial charge in [0.1, 0.15) is 0 Å². The molecule has 0 aromatic carbocycles. The summed E-state index contributed by atoms with van der Waals surface area (Å²) in [4.78, 5) is 0. The van der Waals surface area contributed by atoms with Crippen LogP contribution in [0.3, 0.4) is 0 Å². The van der Waals surface area contributed by atoms with E-state index in [0.717, 1.165) is 31.5 Å². The quantitative estimate of drug-likeness (QED) is 0.732. The van der Waals surface area contributed by atoms with Crippen molar-refractivity contribution in [3.63, 3.8) is 0 Å². The lowest BCUT2D eigenvalue weighted by atomic mass is 10.0. The lowest BCUT2D eigenvalue weighted by molar-refractivity contribution is -0.171. The van der Waals surface area contributed by atoms with Crippen molar-refractivity contribution >= 4 is 0 Å². The van der Waals surface area contributed by atoms with Crippen molar-refractivity contribution in [1.29, 1.82) is 0 Å². The molecule has 3 rings (SSSR count). The van der Waals surface area contributed by atoms with Crippen molar-refractivity contribution in [3.05, 3.63) is 0 Å². The molecule has 16 heavy (non-hydrogen) atoms. The van der Waals surface area contributed by atoms with E-state index < -0.39 is 0 Å². The average molecular weight is 224 g/mol.